The van der Waals surface area contributed by atoms with Gasteiger partial charge < -0.3 is 10.2 Å². The van der Waals surface area contributed by atoms with Gasteiger partial charge in [0.25, 0.3) is 11.8 Å². The van der Waals surface area contributed by atoms with Crippen LogP contribution in [0.3, 0.4) is 0 Å². The van der Waals surface area contributed by atoms with E-state index in [4.69, 9.17) is 0 Å². The Bertz CT molecular complexity index is 1160. The van der Waals surface area contributed by atoms with Gasteiger partial charge >= 0.3 is 0 Å². The topological polar surface area (TPSA) is 82.6 Å². The van der Waals surface area contributed by atoms with Crippen molar-refractivity contribution in [2.45, 2.75) is 12.6 Å². The van der Waals surface area contributed by atoms with Crippen molar-refractivity contribution in [2.24, 2.45) is 0 Å². The van der Waals surface area contributed by atoms with Crippen molar-refractivity contribution in [3.63, 3.8) is 0 Å². The predicted molar refractivity (Wildman–Crippen MR) is 111 cm³/mol. The van der Waals surface area contributed by atoms with Gasteiger partial charge in [-0.15, -0.1) is 0 Å². The molecule has 0 spiro atoms. The van der Waals surface area contributed by atoms with Gasteiger partial charge in [0.1, 0.15) is 6.17 Å². The average Bonchev–Trinajstić information content (AvgIpc) is 3.07. The minimum atomic E-state index is -0.553. The van der Waals surface area contributed by atoms with Gasteiger partial charge in [0.05, 0.1) is 23.1 Å². The molecule has 30 heavy (non-hydrogen) atoms. The number of amides is 3. The fourth-order valence-electron chi connectivity index (χ4n) is 4.08. The minimum absolute atomic E-state index is 0.101. The molecule has 2 aromatic carbocycles. The number of hydrogen-bond donors (Lipinski definition) is 1. The molecule has 0 fully saturated rings. The maximum atomic E-state index is 13.3. The summed E-state index contributed by atoms with van der Waals surface area (Å²) in [5, 5.41) is 2.78. The summed E-state index contributed by atoms with van der Waals surface area (Å²) >= 11 is 0. The molecule has 7 nitrogen and oxygen atoms in total. The number of para-hydroxylation sites is 1. The molecule has 3 aromatic rings. The first-order valence-corrected chi connectivity index (χ1v) is 9.67. The Morgan fingerprint density at radius 1 is 0.933 bits per heavy atom. The Balaban J connectivity index is 1.46. The summed E-state index contributed by atoms with van der Waals surface area (Å²) < 4.78 is 0. The lowest BCUT2D eigenvalue weighted by molar-refractivity contribution is -0.116. The number of rotatable bonds is 4. The van der Waals surface area contributed by atoms with Gasteiger partial charge in [-0.2, -0.15) is 0 Å². The second-order valence-electron chi connectivity index (χ2n) is 7.19. The normalized spacial score (nSPS) is 16.7. The molecule has 1 N–H and O–H groups in total. The summed E-state index contributed by atoms with van der Waals surface area (Å²) in [6, 6.07) is 17.9. The van der Waals surface area contributed by atoms with Crippen LogP contribution in [-0.2, 0) is 4.79 Å². The molecule has 0 aliphatic carbocycles. The summed E-state index contributed by atoms with van der Waals surface area (Å²) in [6.07, 6.45) is 2.74. The Kier molecular flexibility index (Phi) is 4.28. The van der Waals surface area contributed by atoms with Crippen LogP contribution in [0.1, 0.15) is 38.9 Å². The molecular formula is C23H18N4O3. The lowest BCUT2D eigenvalue weighted by atomic mass is 10.0. The van der Waals surface area contributed by atoms with E-state index in [1.807, 2.05) is 24.3 Å². The molecule has 1 aromatic heterocycles. The molecule has 0 bridgehead atoms. The molecule has 3 amide bonds. The zero-order valence-corrected chi connectivity index (χ0v) is 16.0. The van der Waals surface area contributed by atoms with E-state index >= 15 is 0 Å². The van der Waals surface area contributed by atoms with Gasteiger partial charge in [-0.05, 0) is 30.3 Å². The van der Waals surface area contributed by atoms with E-state index < -0.39 is 6.17 Å². The van der Waals surface area contributed by atoms with E-state index in [1.54, 1.807) is 58.6 Å². The number of carbonyl (C=O) groups is 3. The molecular weight excluding hydrogens is 380 g/mol. The fourth-order valence-corrected chi connectivity index (χ4v) is 4.08. The molecule has 2 aliphatic rings. The second kappa shape index (κ2) is 7.11. The smallest absolute Gasteiger partial charge is 0.260 e. The monoisotopic (exact) mass is 398 g/mol. The molecule has 0 unspecified atom stereocenters. The number of fused-ring (bicyclic) bond motifs is 5. The van der Waals surface area contributed by atoms with Gasteiger partial charge in [0.15, 0.2) is 0 Å². The van der Waals surface area contributed by atoms with Crippen LogP contribution in [0.5, 0.6) is 0 Å². The summed E-state index contributed by atoms with van der Waals surface area (Å²) in [6.45, 7) is 0.183. The highest BCUT2D eigenvalue weighted by molar-refractivity contribution is 6.16. The Morgan fingerprint density at radius 2 is 1.70 bits per heavy atom. The number of nitrogens with one attached hydrogen (secondary N) is 1. The Hall–Kier alpha value is -4.00. The molecule has 148 valence electrons. The van der Waals surface area contributed by atoms with Crippen LogP contribution < -0.4 is 10.2 Å². The SMILES string of the molecule is O=C(CCN1C(=O)c2ccccc2N2C(=O)c3ccccc3[C@@H]12)Nc1cccnc1. The van der Waals surface area contributed by atoms with E-state index in [-0.39, 0.29) is 30.7 Å². The lowest BCUT2D eigenvalue weighted by Gasteiger charge is -2.40. The molecule has 0 saturated heterocycles. The van der Waals surface area contributed by atoms with E-state index in [0.29, 0.717) is 22.5 Å². The largest absolute Gasteiger partial charge is 0.325 e. The summed E-state index contributed by atoms with van der Waals surface area (Å²) in [5.41, 5.74) is 3.02. The molecule has 1 atom stereocenters. The Morgan fingerprint density at radius 3 is 2.50 bits per heavy atom. The lowest BCUT2D eigenvalue weighted by Crippen LogP contribution is -2.48. The maximum Gasteiger partial charge on any atom is 0.260 e. The van der Waals surface area contributed by atoms with Crippen LogP contribution in [-0.4, -0.2) is 34.2 Å². The van der Waals surface area contributed by atoms with E-state index in [9.17, 15) is 14.4 Å². The highest BCUT2D eigenvalue weighted by Crippen LogP contribution is 2.45. The van der Waals surface area contributed by atoms with Crippen LogP contribution in [0.15, 0.2) is 73.1 Å². The van der Waals surface area contributed by atoms with Crippen LogP contribution in [0.2, 0.25) is 0 Å². The van der Waals surface area contributed by atoms with Crippen molar-refractivity contribution >= 4 is 29.1 Å². The Labute approximate surface area is 172 Å². The van der Waals surface area contributed by atoms with Crippen LogP contribution in [0, 0.1) is 0 Å². The zero-order valence-electron chi connectivity index (χ0n) is 16.0. The fraction of sp³-hybridized carbons (Fsp3) is 0.130. The quantitative estimate of drug-likeness (QED) is 0.732. The van der Waals surface area contributed by atoms with E-state index in [2.05, 4.69) is 10.3 Å². The van der Waals surface area contributed by atoms with Gasteiger partial charge in [-0.25, -0.2) is 0 Å². The molecule has 5 rings (SSSR count). The van der Waals surface area contributed by atoms with Crippen molar-refractivity contribution in [1.82, 2.24) is 9.88 Å². The first-order chi connectivity index (χ1) is 14.6. The van der Waals surface area contributed by atoms with Gasteiger partial charge in [-0.3, -0.25) is 24.3 Å². The first-order valence-electron chi connectivity index (χ1n) is 9.67. The minimum Gasteiger partial charge on any atom is -0.325 e. The molecule has 7 heteroatoms. The van der Waals surface area contributed by atoms with Crippen LogP contribution in [0.4, 0.5) is 11.4 Å². The van der Waals surface area contributed by atoms with Crippen molar-refractivity contribution in [1.29, 1.82) is 0 Å². The second-order valence-corrected chi connectivity index (χ2v) is 7.19. The summed E-state index contributed by atoms with van der Waals surface area (Å²) in [4.78, 5) is 46.1. The third-order valence-electron chi connectivity index (χ3n) is 5.41. The number of aromatic nitrogens is 1. The molecule has 0 saturated carbocycles. The number of hydrogen-bond acceptors (Lipinski definition) is 4. The van der Waals surface area contributed by atoms with Crippen LogP contribution >= 0.6 is 0 Å². The first kappa shape index (κ1) is 18.1. The van der Waals surface area contributed by atoms with Gasteiger partial charge in [0.2, 0.25) is 5.91 Å². The number of benzene rings is 2. The third-order valence-corrected chi connectivity index (χ3v) is 5.41. The van der Waals surface area contributed by atoms with Gasteiger partial charge in [0, 0.05) is 30.3 Å². The van der Waals surface area contributed by atoms with Crippen molar-refractivity contribution < 1.29 is 14.4 Å². The zero-order chi connectivity index (χ0) is 20.7. The van der Waals surface area contributed by atoms with E-state index in [1.165, 1.54) is 0 Å². The highest BCUT2D eigenvalue weighted by Gasteiger charge is 2.47. The molecule has 3 heterocycles. The average molecular weight is 398 g/mol. The van der Waals surface area contributed by atoms with Crippen LogP contribution in [0.25, 0.3) is 0 Å². The maximum absolute atomic E-state index is 13.3. The van der Waals surface area contributed by atoms with Gasteiger partial charge in [-0.1, -0.05) is 30.3 Å². The summed E-state index contributed by atoms with van der Waals surface area (Å²) in [7, 11) is 0. The third kappa shape index (κ3) is 2.83. The number of carbonyl (C=O) groups excluding carboxylic acids is 3. The predicted octanol–water partition coefficient (Wildman–Crippen LogP) is 3.23. The number of nitrogens with zero attached hydrogens (tertiary/aromatic N) is 3. The standard InChI is InChI=1S/C23H18N4O3/c28-20(25-15-6-5-12-24-14-15)11-13-26-21-16-7-1-2-8-17(16)23(30)27(21)19-10-4-3-9-18(19)22(26)29/h1-10,12,14,21H,11,13H2,(H,25,28)/t21-/m0/s1. The highest BCUT2D eigenvalue weighted by atomic mass is 16.2. The molecule has 2 aliphatic heterocycles. The molecule has 0 radical (unpaired) electrons. The van der Waals surface area contributed by atoms with E-state index in [0.717, 1.165) is 5.56 Å². The number of pyridine rings is 1. The number of anilines is 2. The van der Waals surface area contributed by atoms with Crippen molar-refractivity contribution in [3.8, 4) is 0 Å². The van der Waals surface area contributed by atoms with Crippen molar-refractivity contribution in [2.75, 3.05) is 16.8 Å². The van der Waals surface area contributed by atoms with Crippen molar-refractivity contribution in [3.05, 3.63) is 89.7 Å². The summed E-state index contributed by atoms with van der Waals surface area (Å²) in [5.74, 6) is -0.551.